The number of rotatable bonds is 3. The molecule has 1 rings (SSSR count). The van der Waals surface area contributed by atoms with Crippen LogP contribution < -0.4 is 0 Å². The minimum Gasteiger partial charge on any atom is -0.294 e. The van der Waals surface area contributed by atoms with Gasteiger partial charge >= 0.3 is 0 Å². The van der Waals surface area contributed by atoms with Crippen molar-refractivity contribution in [1.82, 2.24) is 0 Å². The molecule has 0 fully saturated rings. The number of allylic oxidation sites excluding steroid dienone is 5. The molecule has 0 aromatic carbocycles. The van der Waals surface area contributed by atoms with Gasteiger partial charge in [0.05, 0.1) is 0 Å². The highest BCUT2D eigenvalue weighted by Gasteiger charge is 2.19. The lowest BCUT2D eigenvalue weighted by atomic mass is 9.96. The summed E-state index contributed by atoms with van der Waals surface area (Å²) in [6.45, 7) is 11.5. The zero-order valence-corrected chi connectivity index (χ0v) is 10.7. The first-order chi connectivity index (χ1) is 7.47. The van der Waals surface area contributed by atoms with Gasteiger partial charge in [-0.05, 0) is 51.2 Å². The molecule has 0 N–H and O–H groups in total. The molecule has 1 aliphatic carbocycles. The molecular weight excluding hydrogens is 196 g/mol. The first-order valence-corrected chi connectivity index (χ1v) is 5.76. The summed E-state index contributed by atoms with van der Waals surface area (Å²) in [5, 5.41) is 0. The largest absolute Gasteiger partial charge is 0.294 e. The summed E-state index contributed by atoms with van der Waals surface area (Å²) in [6, 6.07) is 0. The lowest BCUT2D eigenvalue weighted by Crippen LogP contribution is -2.00. The van der Waals surface area contributed by atoms with Crippen LogP contribution in [0.15, 0.2) is 40.7 Å². The Hall–Kier alpha value is -1.33. The molecule has 86 valence electrons. The summed E-state index contributed by atoms with van der Waals surface area (Å²) in [6.07, 6.45) is 4.37. The molecule has 0 aromatic heterocycles. The quantitative estimate of drug-likeness (QED) is 0.396. The maximum Gasteiger partial charge on any atom is 0.160 e. The van der Waals surface area contributed by atoms with Crippen molar-refractivity contribution in [3.8, 4) is 0 Å². The SMILES string of the molecule is C=C=C(C)/C(=C\C1=C(C)CC[C@H]1C)C(C)=O. The number of hydrogen-bond donors (Lipinski definition) is 0. The summed E-state index contributed by atoms with van der Waals surface area (Å²) >= 11 is 0. The van der Waals surface area contributed by atoms with Gasteiger partial charge in [-0.2, -0.15) is 0 Å². The van der Waals surface area contributed by atoms with Gasteiger partial charge in [0.15, 0.2) is 5.78 Å². The van der Waals surface area contributed by atoms with Gasteiger partial charge in [-0.15, -0.1) is 5.73 Å². The third kappa shape index (κ3) is 2.62. The van der Waals surface area contributed by atoms with Gasteiger partial charge in [0.1, 0.15) is 0 Å². The van der Waals surface area contributed by atoms with E-state index in [-0.39, 0.29) is 5.78 Å². The number of hydrogen-bond acceptors (Lipinski definition) is 1. The monoisotopic (exact) mass is 216 g/mol. The predicted octanol–water partition coefficient (Wildman–Crippen LogP) is 3.98. The van der Waals surface area contributed by atoms with E-state index >= 15 is 0 Å². The number of carbonyl (C=O) groups excluding carboxylic acids is 1. The average molecular weight is 216 g/mol. The Morgan fingerprint density at radius 3 is 2.50 bits per heavy atom. The Balaban J connectivity index is 3.18. The molecule has 0 saturated carbocycles. The van der Waals surface area contributed by atoms with E-state index in [1.54, 1.807) is 6.92 Å². The van der Waals surface area contributed by atoms with E-state index in [0.717, 1.165) is 17.6 Å². The van der Waals surface area contributed by atoms with Gasteiger partial charge in [0, 0.05) is 11.1 Å². The maximum absolute atomic E-state index is 11.6. The molecule has 0 aromatic rings. The van der Waals surface area contributed by atoms with Crippen LogP contribution in [-0.2, 0) is 4.79 Å². The van der Waals surface area contributed by atoms with Gasteiger partial charge in [-0.25, -0.2) is 0 Å². The van der Waals surface area contributed by atoms with Crippen LogP contribution in [0, 0.1) is 5.92 Å². The van der Waals surface area contributed by atoms with Crippen LogP contribution in [0.4, 0.5) is 0 Å². The minimum absolute atomic E-state index is 0.0908. The van der Waals surface area contributed by atoms with Crippen molar-refractivity contribution < 1.29 is 4.79 Å². The van der Waals surface area contributed by atoms with Gasteiger partial charge < -0.3 is 0 Å². The molecule has 0 bridgehead atoms. The lowest BCUT2D eigenvalue weighted by molar-refractivity contribution is -0.113. The Morgan fingerprint density at radius 1 is 1.50 bits per heavy atom. The van der Waals surface area contributed by atoms with Crippen LogP contribution >= 0.6 is 0 Å². The lowest BCUT2D eigenvalue weighted by Gasteiger charge is -2.08. The summed E-state index contributed by atoms with van der Waals surface area (Å²) in [4.78, 5) is 11.6. The molecule has 1 aliphatic rings. The normalized spacial score (nSPS) is 21.0. The van der Waals surface area contributed by atoms with Crippen LogP contribution in [0.25, 0.3) is 0 Å². The molecular formula is C15H20O. The average Bonchev–Trinajstić information content (AvgIpc) is 2.54. The fraction of sp³-hybridized carbons (Fsp3) is 0.467. The molecule has 16 heavy (non-hydrogen) atoms. The van der Waals surface area contributed by atoms with E-state index in [2.05, 4.69) is 26.2 Å². The standard InChI is InChI=1S/C15H20O/c1-6-10(2)15(13(5)16)9-14-11(3)7-8-12(14)4/h9,11H,1,7-8H2,2-5H3/b15-9+/t11-/m1/s1. The van der Waals surface area contributed by atoms with Crippen LogP contribution in [-0.4, -0.2) is 5.78 Å². The smallest absolute Gasteiger partial charge is 0.160 e. The Morgan fingerprint density at radius 2 is 2.12 bits per heavy atom. The molecule has 0 saturated heterocycles. The highest BCUT2D eigenvalue weighted by atomic mass is 16.1. The van der Waals surface area contributed by atoms with E-state index in [1.807, 2.05) is 13.0 Å². The molecule has 1 atom stereocenters. The first kappa shape index (κ1) is 12.7. The zero-order valence-electron chi connectivity index (χ0n) is 10.7. The number of ketones is 1. The van der Waals surface area contributed by atoms with E-state index in [0.29, 0.717) is 5.92 Å². The first-order valence-electron chi connectivity index (χ1n) is 5.76. The fourth-order valence-corrected chi connectivity index (χ4v) is 2.14. The second-order valence-electron chi connectivity index (χ2n) is 4.59. The minimum atomic E-state index is 0.0908. The van der Waals surface area contributed by atoms with Crippen LogP contribution in [0.5, 0.6) is 0 Å². The van der Waals surface area contributed by atoms with Crippen molar-refractivity contribution in [2.75, 3.05) is 0 Å². The topological polar surface area (TPSA) is 17.1 Å². The van der Waals surface area contributed by atoms with Gasteiger partial charge in [0.2, 0.25) is 0 Å². The Kier molecular flexibility index (Phi) is 4.09. The second kappa shape index (κ2) is 5.14. The third-order valence-corrected chi connectivity index (χ3v) is 3.32. The van der Waals surface area contributed by atoms with Crippen LogP contribution in [0.3, 0.4) is 0 Å². The van der Waals surface area contributed by atoms with E-state index in [9.17, 15) is 4.79 Å². The van der Waals surface area contributed by atoms with Crippen molar-refractivity contribution in [1.29, 1.82) is 0 Å². The van der Waals surface area contributed by atoms with Gasteiger partial charge in [-0.1, -0.05) is 19.1 Å². The van der Waals surface area contributed by atoms with E-state index in [4.69, 9.17) is 0 Å². The summed E-state index contributed by atoms with van der Waals surface area (Å²) < 4.78 is 0. The molecule has 0 spiro atoms. The van der Waals surface area contributed by atoms with Crippen LogP contribution in [0.1, 0.15) is 40.5 Å². The van der Waals surface area contributed by atoms with Crippen molar-refractivity contribution in [2.45, 2.75) is 40.5 Å². The van der Waals surface area contributed by atoms with Crippen molar-refractivity contribution in [3.63, 3.8) is 0 Å². The molecule has 0 amide bonds. The van der Waals surface area contributed by atoms with Gasteiger partial charge in [0.25, 0.3) is 0 Å². The predicted molar refractivity (Wildman–Crippen MR) is 68.2 cm³/mol. The number of carbonyl (C=O) groups is 1. The molecule has 1 nitrogen and oxygen atoms in total. The maximum atomic E-state index is 11.6. The highest BCUT2D eigenvalue weighted by Crippen LogP contribution is 2.33. The highest BCUT2D eigenvalue weighted by molar-refractivity contribution is 5.98. The fourth-order valence-electron chi connectivity index (χ4n) is 2.14. The molecule has 0 aliphatic heterocycles. The number of Topliss-reactive ketones (excluding diaryl/α,β-unsaturated/α-hetero) is 1. The van der Waals surface area contributed by atoms with Crippen molar-refractivity contribution in [2.24, 2.45) is 5.92 Å². The van der Waals surface area contributed by atoms with E-state index in [1.165, 1.54) is 17.6 Å². The second-order valence-corrected chi connectivity index (χ2v) is 4.59. The molecule has 1 heteroatoms. The van der Waals surface area contributed by atoms with E-state index < -0.39 is 0 Å². The van der Waals surface area contributed by atoms with Crippen molar-refractivity contribution in [3.05, 3.63) is 40.7 Å². The van der Waals surface area contributed by atoms with Crippen molar-refractivity contribution >= 4 is 5.78 Å². The molecule has 0 unspecified atom stereocenters. The summed E-state index contributed by atoms with van der Waals surface area (Å²) in [5.41, 5.74) is 7.12. The van der Waals surface area contributed by atoms with Crippen LogP contribution in [0.2, 0.25) is 0 Å². The Labute approximate surface area is 98.2 Å². The molecule has 0 heterocycles. The summed E-state index contributed by atoms with van der Waals surface area (Å²) in [7, 11) is 0. The molecule has 0 radical (unpaired) electrons. The third-order valence-electron chi connectivity index (χ3n) is 3.32. The summed E-state index contributed by atoms with van der Waals surface area (Å²) in [5.74, 6) is 0.653. The Bertz CT molecular complexity index is 415. The van der Waals surface area contributed by atoms with Gasteiger partial charge in [-0.3, -0.25) is 4.79 Å². The zero-order chi connectivity index (χ0) is 12.3.